The van der Waals surface area contributed by atoms with Gasteiger partial charge in [0.1, 0.15) is 35.7 Å². The first-order valence-corrected chi connectivity index (χ1v) is 17.8. The number of ether oxygens (including phenoxy) is 6. The first-order chi connectivity index (χ1) is 23.7. The number of nitrogens with zero attached hydrogens (tertiary/aromatic N) is 6. The molecule has 0 bridgehead atoms. The van der Waals surface area contributed by atoms with Crippen LogP contribution in [0, 0.1) is 0 Å². The van der Waals surface area contributed by atoms with E-state index in [1.165, 1.54) is 29.0 Å². The van der Waals surface area contributed by atoms with Gasteiger partial charge < -0.3 is 49.6 Å². The molecule has 0 amide bonds. The fourth-order valence-corrected chi connectivity index (χ4v) is 5.80. The van der Waals surface area contributed by atoms with Crippen molar-refractivity contribution in [3.05, 3.63) is 35.4 Å². The molecule has 0 unspecified atom stereocenters. The monoisotopic (exact) mass is 748 g/mol. The van der Waals surface area contributed by atoms with Crippen molar-refractivity contribution in [3.8, 4) is 0 Å². The molecule has 0 radical (unpaired) electrons. The van der Waals surface area contributed by atoms with Crippen LogP contribution in [-0.4, -0.2) is 103 Å². The van der Waals surface area contributed by atoms with Crippen LogP contribution in [0.1, 0.15) is 40.8 Å². The van der Waals surface area contributed by atoms with Gasteiger partial charge in [0.25, 0.3) is 0 Å². The predicted octanol–water partition coefficient (Wildman–Crippen LogP) is 2.44. The zero-order valence-corrected chi connectivity index (χ0v) is 29.7. The molecule has 4 rings (SSSR count). The van der Waals surface area contributed by atoms with E-state index in [1.54, 1.807) is 51.4 Å². The minimum atomic E-state index is -4.06. The molecule has 0 spiro atoms. The van der Waals surface area contributed by atoms with Crippen LogP contribution in [0.15, 0.2) is 29.7 Å². The maximum atomic E-state index is 13.1. The standard InChI is InChI=1S/C19H30N5O10P.C8H11N3O3S/c1-12(2)33-18(25)28-9-31-35(27,32-10-29-19(26)34-13(3)4)11-30-14(5)6-24-8-23-15-16(20)21-7-22-17(15)24;9-5-1-2-11(8(13)10-5)6-4-15-7(3-12)14-6/h7-8,12-14H,6,9-11H2,1-5H3,(H2,20,21,22);1-2,6-7,12H,3-4H2,(H2,9,10,13)/t14-;6-,7+/m11/s1. The summed E-state index contributed by atoms with van der Waals surface area (Å²) in [4.78, 5) is 50.3. The number of thioether (sulfide) groups is 1. The summed E-state index contributed by atoms with van der Waals surface area (Å²) in [7, 11) is -4.06. The van der Waals surface area contributed by atoms with Crippen LogP contribution in [0.25, 0.3) is 11.2 Å². The Bertz CT molecular complexity index is 1630. The number of rotatable bonds is 15. The van der Waals surface area contributed by atoms with Crippen LogP contribution >= 0.6 is 19.4 Å². The third-order valence-electron chi connectivity index (χ3n) is 5.96. The fraction of sp³-hybridized carbons (Fsp3) is 0.593. The lowest BCUT2D eigenvalue weighted by atomic mass is 10.4. The third kappa shape index (κ3) is 13.0. The second-order valence-corrected chi connectivity index (χ2v) is 13.9. The van der Waals surface area contributed by atoms with Crippen molar-refractivity contribution in [1.29, 1.82) is 0 Å². The topological polar surface area (TPSA) is 276 Å². The summed E-state index contributed by atoms with van der Waals surface area (Å²) < 4.78 is 56.4. The van der Waals surface area contributed by atoms with Gasteiger partial charge in [0.2, 0.25) is 13.6 Å². The number of aliphatic hydroxyl groups excluding tert-OH is 1. The second kappa shape index (κ2) is 19.4. The number of imidazole rings is 1. The second-order valence-electron chi connectivity index (χ2n) is 10.7. The van der Waals surface area contributed by atoms with E-state index >= 15 is 0 Å². The van der Waals surface area contributed by atoms with Gasteiger partial charge >= 0.3 is 25.6 Å². The molecule has 1 aliphatic rings. The average Bonchev–Trinajstić information content (AvgIpc) is 3.68. The number of carbonyl (C=O) groups is 2. The molecule has 0 saturated carbocycles. The van der Waals surface area contributed by atoms with E-state index in [9.17, 15) is 18.9 Å². The van der Waals surface area contributed by atoms with Crippen LogP contribution < -0.4 is 17.2 Å². The van der Waals surface area contributed by atoms with E-state index in [-0.39, 0.29) is 36.5 Å². The van der Waals surface area contributed by atoms with Gasteiger partial charge in [-0.3, -0.25) is 18.2 Å². The molecule has 23 heteroatoms. The lowest BCUT2D eigenvalue weighted by Crippen LogP contribution is -2.28. The van der Waals surface area contributed by atoms with Crippen molar-refractivity contribution in [2.75, 3.05) is 43.8 Å². The Morgan fingerprint density at radius 1 is 1.06 bits per heavy atom. The third-order valence-corrected chi connectivity index (χ3v) is 8.53. The number of hydrogen-bond acceptors (Lipinski definition) is 20. The summed E-state index contributed by atoms with van der Waals surface area (Å²) >= 11 is 1.47. The number of nitrogen functional groups attached to an aromatic ring is 2. The zero-order chi connectivity index (χ0) is 36.8. The molecule has 3 aromatic heterocycles. The number of aromatic nitrogens is 6. The number of aliphatic hydroxyl groups is 1. The maximum Gasteiger partial charge on any atom is 0.510 e. The van der Waals surface area contributed by atoms with Crippen molar-refractivity contribution in [3.63, 3.8) is 0 Å². The Balaban J connectivity index is 0.000000371. The smallest absolute Gasteiger partial charge is 0.432 e. The Morgan fingerprint density at radius 2 is 1.70 bits per heavy atom. The molecular formula is C27H41N8O13PS. The Hall–Kier alpha value is -4.05. The van der Waals surface area contributed by atoms with Gasteiger partial charge in [-0.15, -0.1) is 11.8 Å². The first-order valence-electron chi connectivity index (χ1n) is 15.0. The van der Waals surface area contributed by atoms with Gasteiger partial charge in [-0.1, -0.05) is 0 Å². The Kier molecular flexibility index (Phi) is 15.6. The summed E-state index contributed by atoms with van der Waals surface area (Å²) in [6.45, 7) is 6.92. The lowest BCUT2D eigenvalue weighted by Gasteiger charge is -2.21. The van der Waals surface area contributed by atoms with Gasteiger partial charge in [-0.05, 0) is 40.7 Å². The van der Waals surface area contributed by atoms with E-state index in [0.717, 1.165) is 0 Å². The largest absolute Gasteiger partial charge is 0.510 e. The van der Waals surface area contributed by atoms with Crippen molar-refractivity contribution in [2.45, 2.75) is 71.1 Å². The van der Waals surface area contributed by atoms with E-state index in [0.29, 0.717) is 16.9 Å². The molecule has 50 heavy (non-hydrogen) atoms. The number of carbonyl (C=O) groups excluding carboxylic acids is 2. The highest BCUT2D eigenvalue weighted by molar-refractivity contribution is 8.00. The van der Waals surface area contributed by atoms with Crippen LogP contribution in [0.4, 0.5) is 21.2 Å². The summed E-state index contributed by atoms with van der Waals surface area (Å²) in [6, 6.07) is 1.54. The van der Waals surface area contributed by atoms with Crippen molar-refractivity contribution < 1.29 is 56.7 Å². The average molecular weight is 749 g/mol. The highest BCUT2D eigenvalue weighted by Gasteiger charge is 2.29. The molecule has 5 N–H and O–H groups in total. The van der Waals surface area contributed by atoms with E-state index in [2.05, 4.69) is 19.9 Å². The molecule has 4 heterocycles. The van der Waals surface area contributed by atoms with Crippen LogP contribution in [0.3, 0.4) is 0 Å². The fourth-order valence-electron chi connectivity index (χ4n) is 3.78. The number of hydrogen-bond donors (Lipinski definition) is 3. The number of fused-ring (bicyclic) bond motifs is 1. The van der Waals surface area contributed by atoms with Crippen LogP contribution in [-0.2, 0) is 48.6 Å². The summed E-state index contributed by atoms with van der Waals surface area (Å²) in [5.74, 6) is 1.05. The van der Waals surface area contributed by atoms with E-state index < -0.39 is 63.8 Å². The molecule has 3 aromatic rings. The zero-order valence-electron chi connectivity index (χ0n) is 28.0. The SMILES string of the molecule is CC(C)OC(=O)OCOP(=O)(CO[C@H](C)Cn1cnc2c(N)ncnc21)OCOC(=O)OC(C)C.Nc1ccn([C@H]2CS[C@@H](CO)O2)c(=O)n1. The summed E-state index contributed by atoms with van der Waals surface area (Å²) in [5.41, 5.74) is 11.4. The van der Waals surface area contributed by atoms with Gasteiger partial charge in [-0.2, -0.15) is 4.98 Å². The summed E-state index contributed by atoms with van der Waals surface area (Å²) in [5, 5.41) is 8.88. The molecule has 21 nitrogen and oxygen atoms in total. The molecule has 1 saturated heterocycles. The van der Waals surface area contributed by atoms with E-state index in [4.69, 9.17) is 54.0 Å². The number of anilines is 2. The van der Waals surface area contributed by atoms with Crippen LogP contribution in [0.5, 0.6) is 0 Å². The molecule has 278 valence electrons. The quantitative estimate of drug-likeness (QED) is 0.114. The van der Waals surface area contributed by atoms with Crippen LogP contribution in [0.2, 0.25) is 0 Å². The molecule has 3 atom stereocenters. The van der Waals surface area contributed by atoms with Crippen molar-refractivity contribution >= 4 is 54.5 Å². The maximum absolute atomic E-state index is 13.1. The first kappa shape index (κ1) is 40.4. The Morgan fingerprint density at radius 3 is 2.26 bits per heavy atom. The highest BCUT2D eigenvalue weighted by Crippen LogP contribution is 2.48. The number of nitrogens with two attached hydrogens (primary N) is 2. The predicted molar refractivity (Wildman–Crippen MR) is 176 cm³/mol. The molecule has 1 fully saturated rings. The normalized spacial score (nSPS) is 16.6. The van der Waals surface area contributed by atoms with Gasteiger partial charge in [0, 0.05) is 11.9 Å². The Labute approximate surface area is 290 Å². The van der Waals surface area contributed by atoms with Crippen molar-refractivity contribution in [1.82, 2.24) is 29.1 Å². The lowest BCUT2D eigenvalue weighted by molar-refractivity contribution is -0.0369. The molecule has 0 aliphatic carbocycles. The van der Waals surface area contributed by atoms with Gasteiger partial charge in [-0.25, -0.2) is 29.3 Å². The molecule has 1 aliphatic heterocycles. The highest BCUT2D eigenvalue weighted by atomic mass is 32.2. The van der Waals surface area contributed by atoms with Crippen molar-refractivity contribution in [2.24, 2.45) is 0 Å². The minimum absolute atomic E-state index is 0.0572. The molecule has 0 aromatic carbocycles. The van der Waals surface area contributed by atoms with E-state index in [1.807, 2.05) is 0 Å². The molecular weight excluding hydrogens is 707 g/mol. The van der Waals surface area contributed by atoms with Gasteiger partial charge in [0.05, 0.1) is 37.8 Å². The summed E-state index contributed by atoms with van der Waals surface area (Å²) in [6.07, 6.45) is 0.0481. The van der Waals surface area contributed by atoms with Gasteiger partial charge in [0.15, 0.2) is 11.5 Å². The minimum Gasteiger partial charge on any atom is -0.432 e.